The van der Waals surface area contributed by atoms with Gasteiger partial charge in [-0.15, -0.1) is 0 Å². The summed E-state index contributed by atoms with van der Waals surface area (Å²) >= 11 is 0. The van der Waals surface area contributed by atoms with Gasteiger partial charge < -0.3 is 5.11 Å². The van der Waals surface area contributed by atoms with Crippen molar-refractivity contribution in [3.63, 3.8) is 0 Å². The number of aryl methyl sites for hydroxylation is 1. The zero-order chi connectivity index (χ0) is 12.1. The van der Waals surface area contributed by atoms with Crippen LogP contribution in [0.3, 0.4) is 0 Å². The van der Waals surface area contributed by atoms with Gasteiger partial charge in [-0.3, -0.25) is 0 Å². The second-order valence-electron chi connectivity index (χ2n) is 6.66. The molecule has 3 fully saturated rings. The number of hydrogen-bond donors (Lipinski definition) is 1. The van der Waals surface area contributed by atoms with Crippen molar-refractivity contribution in [2.75, 3.05) is 0 Å². The fourth-order valence-corrected chi connectivity index (χ4v) is 5.06. The van der Waals surface area contributed by atoms with E-state index in [1.54, 1.807) is 0 Å². The highest BCUT2D eigenvalue weighted by Gasteiger charge is 2.66. The molecule has 96 valence electrons. The van der Waals surface area contributed by atoms with E-state index in [0.717, 1.165) is 36.5 Å². The lowest BCUT2D eigenvalue weighted by Gasteiger charge is -2.15. The Morgan fingerprint density at radius 3 is 2.39 bits per heavy atom. The number of rotatable bonds is 4. The summed E-state index contributed by atoms with van der Waals surface area (Å²) in [7, 11) is 0. The first-order valence-electron chi connectivity index (χ1n) is 7.56. The van der Waals surface area contributed by atoms with Gasteiger partial charge in [-0.2, -0.15) is 0 Å². The number of aliphatic hydroxyl groups excluding tert-OH is 1. The van der Waals surface area contributed by atoms with E-state index in [2.05, 4.69) is 30.3 Å². The maximum absolute atomic E-state index is 10.4. The molecule has 5 atom stereocenters. The zero-order valence-electron chi connectivity index (χ0n) is 10.8. The molecular weight excluding hydrogens is 220 g/mol. The van der Waals surface area contributed by atoms with Crippen LogP contribution in [0.2, 0.25) is 0 Å². The molecule has 1 aromatic carbocycles. The molecule has 3 aliphatic carbocycles. The Labute approximate surface area is 109 Å². The molecule has 0 radical (unpaired) electrons. The third-order valence-electron chi connectivity index (χ3n) is 5.81. The lowest BCUT2D eigenvalue weighted by atomic mass is 9.95. The Hall–Kier alpha value is -0.820. The van der Waals surface area contributed by atoms with E-state index in [9.17, 15) is 5.11 Å². The van der Waals surface area contributed by atoms with Crippen molar-refractivity contribution in [1.29, 1.82) is 0 Å². The molecule has 0 aromatic heterocycles. The number of benzene rings is 1. The largest absolute Gasteiger partial charge is 0.393 e. The minimum atomic E-state index is -0.0383. The van der Waals surface area contributed by atoms with Crippen molar-refractivity contribution >= 4 is 0 Å². The fraction of sp³-hybridized carbons (Fsp3) is 0.647. The molecule has 0 amide bonds. The zero-order valence-corrected chi connectivity index (χ0v) is 10.8. The van der Waals surface area contributed by atoms with Gasteiger partial charge >= 0.3 is 0 Å². The summed E-state index contributed by atoms with van der Waals surface area (Å²) in [6.07, 6.45) is 6.34. The summed E-state index contributed by atoms with van der Waals surface area (Å²) in [4.78, 5) is 0. The van der Waals surface area contributed by atoms with Crippen LogP contribution in [0, 0.1) is 29.6 Å². The molecule has 5 unspecified atom stereocenters. The van der Waals surface area contributed by atoms with Crippen molar-refractivity contribution in [2.45, 2.75) is 38.2 Å². The number of aliphatic hydroxyl groups is 1. The quantitative estimate of drug-likeness (QED) is 0.859. The van der Waals surface area contributed by atoms with Crippen LogP contribution in [0.5, 0.6) is 0 Å². The van der Waals surface area contributed by atoms with Gasteiger partial charge in [-0.05, 0) is 67.3 Å². The van der Waals surface area contributed by atoms with Crippen LogP contribution >= 0.6 is 0 Å². The first-order chi connectivity index (χ1) is 8.84. The first-order valence-corrected chi connectivity index (χ1v) is 7.56. The molecule has 1 aromatic rings. The van der Waals surface area contributed by atoms with Gasteiger partial charge in [0, 0.05) is 0 Å². The number of hydrogen-bond acceptors (Lipinski definition) is 1. The highest BCUT2D eigenvalue weighted by atomic mass is 16.3. The van der Waals surface area contributed by atoms with Crippen LogP contribution in [0.25, 0.3) is 0 Å². The topological polar surface area (TPSA) is 20.2 Å². The summed E-state index contributed by atoms with van der Waals surface area (Å²) < 4.78 is 0. The SMILES string of the molecule is OC(CCc1ccccc1)C1C2C3CCC(C3)C12. The van der Waals surface area contributed by atoms with Crippen molar-refractivity contribution < 1.29 is 5.11 Å². The minimum Gasteiger partial charge on any atom is -0.393 e. The summed E-state index contributed by atoms with van der Waals surface area (Å²) in [5, 5.41) is 10.4. The van der Waals surface area contributed by atoms with Crippen LogP contribution in [-0.2, 0) is 6.42 Å². The molecule has 4 rings (SSSR count). The molecule has 2 bridgehead atoms. The Balaban J connectivity index is 1.34. The fourth-order valence-electron chi connectivity index (χ4n) is 5.06. The molecule has 0 spiro atoms. The maximum atomic E-state index is 10.4. The van der Waals surface area contributed by atoms with Gasteiger partial charge in [0.05, 0.1) is 6.10 Å². The second kappa shape index (κ2) is 4.09. The van der Waals surface area contributed by atoms with E-state index in [1.165, 1.54) is 24.8 Å². The molecule has 1 nitrogen and oxygen atoms in total. The highest BCUT2D eigenvalue weighted by molar-refractivity contribution is 5.17. The number of fused-ring (bicyclic) bond motifs is 5. The molecule has 1 N–H and O–H groups in total. The molecule has 0 saturated heterocycles. The van der Waals surface area contributed by atoms with Gasteiger partial charge in [0.25, 0.3) is 0 Å². The normalized spacial score (nSPS) is 41.7. The van der Waals surface area contributed by atoms with Crippen LogP contribution in [-0.4, -0.2) is 11.2 Å². The standard InChI is InChI=1S/C17H22O/c18-14(9-6-11-4-2-1-3-5-11)17-15-12-7-8-13(10-12)16(15)17/h1-5,12-18H,6-10H2. The predicted molar refractivity (Wildman–Crippen MR) is 72.1 cm³/mol. The van der Waals surface area contributed by atoms with Gasteiger partial charge in [-0.25, -0.2) is 0 Å². The maximum Gasteiger partial charge on any atom is 0.0577 e. The molecule has 0 aliphatic heterocycles. The van der Waals surface area contributed by atoms with E-state index >= 15 is 0 Å². The lowest BCUT2D eigenvalue weighted by molar-refractivity contribution is 0.120. The van der Waals surface area contributed by atoms with Crippen molar-refractivity contribution in [2.24, 2.45) is 29.6 Å². The van der Waals surface area contributed by atoms with Crippen LogP contribution in [0.15, 0.2) is 30.3 Å². The molecular formula is C17H22O. The first kappa shape index (κ1) is 11.0. The third-order valence-corrected chi connectivity index (χ3v) is 5.81. The molecule has 0 heterocycles. The molecule has 3 aliphatic rings. The Kier molecular flexibility index (Phi) is 2.51. The Bertz CT molecular complexity index is 410. The van der Waals surface area contributed by atoms with Crippen molar-refractivity contribution in [3.8, 4) is 0 Å². The van der Waals surface area contributed by atoms with E-state index in [0.29, 0.717) is 5.92 Å². The lowest BCUT2D eigenvalue weighted by Crippen LogP contribution is -2.16. The van der Waals surface area contributed by atoms with E-state index < -0.39 is 0 Å². The van der Waals surface area contributed by atoms with Gasteiger partial charge in [0.15, 0.2) is 0 Å². The average molecular weight is 242 g/mol. The molecule has 3 saturated carbocycles. The minimum absolute atomic E-state index is 0.0383. The van der Waals surface area contributed by atoms with Crippen LogP contribution in [0.1, 0.15) is 31.2 Å². The van der Waals surface area contributed by atoms with Crippen LogP contribution < -0.4 is 0 Å². The Morgan fingerprint density at radius 1 is 1.06 bits per heavy atom. The second-order valence-corrected chi connectivity index (χ2v) is 6.66. The molecule has 1 heteroatoms. The predicted octanol–water partition coefficient (Wildman–Crippen LogP) is 3.27. The smallest absolute Gasteiger partial charge is 0.0577 e. The average Bonchev–Trinajstić information content (AvgIpc) is 2.86. The van der Waals surface area contributed by atoms with Gasteiger partial charge in [0.1, 0.15) is 0 Å². The summed E-state index contributed by atoms with van der Waals surface area (Å²) in [6.45, 7) is 0. The summed E-state index contributed by atoms with van der Waals surface area (Å²) in [5.41, 5.74) is 1.37. The van der Waals surface area contributed by atoms with E-state index in [-0.39, 0.29) is 6.10 Å². The monoisotopic (exact) mass is 242 g/mol. The van der Waals surface area contributed by atoms with Crippen LogP contribution in [0.4, 0.5) is 0 Å². The van der Waals surface area contributed by atoms with Crippen molar-refractivity contribution in [3.05, 3.63) is 35.9 Å². The molecule has 18 heavy (non-hydrogen) atoms. The third kappa shape index (κ3) is 1.64. The van der Waals surface area contributed by atoms with E-state index in [1.807, 2.05) is 0 Å². The van der Waals surface area contributed by atoms with E-state index in [4.69, 9.17) is 0 Å². The Morgan fingerprint density at radius 2 is 1.72 bits per heavy atom. The summed E-state index contributed by atoms with van der Waals surface area (Å²) in [6, 6.07) is 10.6. The van der Waals surface area contributed by atoms with Crippen molar-refractivity contribution in [1.82, 2.24) is 0 Å². The van der Waals surface area contributed by atoms with Gasteiger partial charge in [0.2, 0.25) is 0 Å². The summed E-state index contributed by atoms with van der Waals surface area (Å²) in [5.74, 6) is 4.46. The highest BCUT2D eigenvalue weighted by Crippen LogP contribution is 2.70. The van der Waals surface area contributed by atoms with Gasteiger partial charge in [-0.1, -0.05) is 30.3 Å².